The maximum absolute atomic E-state index is 14.3. The average molecular weight is 323 g/mol. The lowest BCUT2D eigenvalue weighted by Crippen LogP contribution is -2.43. The Morgan fingerprint density at radius 1 is 1.39 bits per heavy atom. The number of rotatable bonds is 3. The van der Waals surface area contributed by atoms with Crippen LogP contribution in [0.3, 0.4) is 0 Å². The van der Waals surface area contributed by atoms with Gasteiger partial charge in [-0.1, -0.05) is 12.1 Å². The molecule has 1 aliphatic rings. The zero-order valence-corrected chi connectivity index (χ0v) is 13.5. The molecule has 124 valence electrons. The van der Waals surface area contributed by atoms with Gasteiger partial charge in [-0.05, 0) is 33.3 Å². The average Bonchev–Trinajstić information content (AvgIpc) is 2.74. The SMILES string of the molecule is C[C@H](C(=O)OC(C)(C)C)N1Cc2ccc(B(O)O)c(F)c2C1=O. The van der Waals surface area contributed by atoms with Crippen molar-refractivity contribution in [2.24, 2.45) is 0 Å². The first-order valence-electron chi connectivity index (χ1n) is 7.24. The minimum Gasteiger partial charge on any atom is -0.458 e. The Morgan fingerprint density at radius 3 is 2.52 bits per heavy atom. The topological polar surface area (TPSA) is 87.1 Å². The maximum atomic E-state index is 14.3. The molecule has 1 aromatic rings. The molecule has 0 aliphatic carbocycles. The second-order valence-corrected chi connectivity index (χ2v) is 6.52. The van der Waals surface area contributed by atoms with Crippen molar-refractivity contribution in [3.8, 4) is 0 Å². The molecule has 1 aliphatic heterocycles. The van der Waals surface area contributed by atoms with Gasteiger partial charge in [-0.2, -0.15) is 0 Å². The van der Waals surface area contributed by atoms with Gasteiger partial charge >= 0.3 is 13.1 Å². The molecular formula is C15H19BFNO5. The molecule has 8 heteroatoms. The molecule has 1 amide bonds. The molecule has 0 aromatic heterocycles. The van der Waals surface area contributed by atoms with Crippen LogP contribution in [0.25, 0.3) is 0 Å². The van der Waals surface area contributed by atoms with Crippen LogP contribution in [-0.4, -0.2) is 45.6 Å². The molecule has 0 saturated carbocycles. The Morgan fingerprint density at radius 2 is 2.00 bits per heavy atom. The first-order chi connectivity index (χ1) is 10.5. The molecule has 0 radical (unpaired) electrons. The van der Waals surface area contributed by atoms with Gasteiger partial charge < -0.3 is 19.7 Å². The van der Waals surface area contributed by atoms with Crippen molar-refractivity contribution in [1.82, 2.24) is 4.90 Å². The molecule has 2 rings (SSSR count). The van der Waals surface area contributed by atoms with E-state index in [-0.39, 0.29) is 17.6 Å². The molecule has 1 aromatic carbocycles. The highest BCUT2D eigenvalue weighted by atomic mass is 19.1. The van der Waals surface area contributed by atoms with E-state index in [0.29, 0.717) is 5.56 Å². The van der Waals surface area contributed by atoms with Crippen molar-refractivity contribution in [3.63, 3.8) is 0 Å². The van der Waals surface area contributed by atoms with Crippen LogP contribution in [-0.2, 0) is 16.1 Å². The predicted molar refractivity (Wildman–Crippen MR) is 81.4 cm³/mol. The van der Waals surface area contributed by atoms with E-state index >= 15 is 0 Å². The summed E-state index contributed by atoms with van der Waals surface area (Å²) in [7, 11) is -2.01. The number of hydrogen-bond donors (Lipinski definition) is 2. The molecule has 23 heavy (non-hydrogen) atoms. The summed E-state index contributed by atoms with van der Waals surface area (Å²) in [5.41, 5.74) is -0.900. The molecule has 0 fully saturated rings. The first kappa shape index (κ1) is 17.4. The van der Waals surface area contributed by atoms with Gasteiger partial charge in [-0.3, -0.25) is 4.79 Å². The summed E-state index contributed by atoms with van der Waals surface area (Å²) in [6.45, 7) is 6.72. The van der Waals surface area contributed by atoms with Crippen molar-refractivity contribution in [1.29, 1.82) is 0 Å². The van der Waals surface area contributed by atoms with Crippen LogP contribution in [0.4, 0.5) is 4.39 Å². The lowest BCUT2D eigenvalue weighted by molar-refractivity contribution is -0.159. The highest BCUT2D eigenvalue weighted by Crippen LogP contribution is 2.27. The Labute approximate surface area is 134 Å². The number of hydrogen-bond acceptors (Lipinski definition) is 5. The largest absolute Gasteiger partial charge is 0.491 e. The number of nitrogens with zero attached hydrogens (tertiary/aromatic N) is 1. The number of ether oxygens (including phenoxy) is 1. The van der Waals surface area contributed by atoms with Gasteiger partial charge in [-0.25, -0.2) is 9.18 Å². The van der Waals surface area contributed by atoms with Gasteiger partial charge in [0.2, 0.25) is 0 Å². The Hall–Kier alpha value is -1.93. The van der Waals surface area contributed by atoms with Gasteiger partial charge in [0.25, 0.3) is 5.91 Å². The third-order valence-electron chi connectivity index (χ3n) is 3.57. The van der Waals surface area contributed by atoms with E-state index in [4.69, 9.17) is 14.8 Å². The van der Waals surface area contributed by atoms with E-state index < -0.39 is 36.5 Å². The summed E-state index contributed by atoms with van der Waals surface area (Å²) in [4.78, 5) is 25.7. The van der Waals surface area contributed by atoms with Crippen LogP contribution >= 0.6 is 0 Å². The van der Waals surface area contributed by atoms with Crippen molar-refractivity contribution in [3.05, 3.63) is 29.1 Å². The highest BCUT2D eigenvalue weighted by molar-refractivity contribution is 6.58. The number of esters is 1. The maximum Gasteiger partial charge on any atom is 0.491 e. The highest BCUT2D eigenvalue weighted by Gasteiger charge is 2.39. The van der Waals surface area contributed by atoms with Crippen LogP contribution in [0.2, 0.25) is 0 Å². The van der Waals surface area contributed by atoms with Crippen molar-refractivity contribution < 1.29 is 28.8 Å². The second kappa shape index (κ2) is 5.94. The molecular weight excluding hydrogens is 304 g/mol. The Kier molecular flexibility index (Phi) is 4.50. The Balaban J connectivity index is 2.28. The van der Waals surface area contributed by atoms with Crippen LogP contribution in [0, 0.1) is 5.82 Å². The molecule has 0 spiro atoms. The summed E-state index contributed by atoms with van der Waals surface area (Å²) < 4.78 is 19.5. The number of benzene rings is 1. The zero-order valence-electron chi connectivity index (χ0n) is 13.5. The molecule has 0 unspecified atom stereocenters. The molecule has 1 atom stereocenters. The minimum atomic E-state index is -2.01. The van der Waals surface area contributed by atoms with Crippen molar-refractivity contribution in [2.75, 3.05) is 0 Å². The van der Waals surface area contributed by atoms with Gasteiger partial charge in [0.15, 0.2) is 0 Å². The second-order valence-electron chi connectivity index (χ2n) is 6.52. The number of carbonyl (C=O) groups excluding carboxylic acids is 2. The number of carbonyl (C=O) groups is 2. The van der Waals surface area contributed by atoms with Crippen LogP contribution in [0.1, 0.15) is 43.6 Å². The monoisotopic (exact) mass is 323 g/mol. The smallest absolute Gasteiger partial charge is 0.458 e. The van der Waals surface area contributed by atoms with E-state index in [9.17, 15) is 14.0 Å². The summed E-state index contributed by atoms with van der Waals surface area (Å²) in [6, 6.07) is 1.79. The Bertz CT molecular complexity index is 656. The lowest BCUT2D eigenvalue weighted by atomic mass is 9.78. The molecule has 1 heterocycles. The number of halogens is 1. The van der Waals surface area contributed by atoms with E-state index in [1.807, 2.05) is 0 Å². The van der Waals surface area contributed by atoms with Gasteiger partial charge in [-0.15, -0.1) is 0 Å². The minimum absolute atomic E-state index is 0.0628. The van der Waals surface area contributed by atoms with E-state index in [2.05, 4.69) is 0 Å². The predicted octanol–water partition coefficient (Wildman–Crippen LogP) is 0.192. The van der Waals surface area contributed by atoms with Crippen LogP contribution < -0.4 is 5.46 Å². The fourth-order valence-corrected chi connectivity index (χ4v) is 2.42. The standard InChI is InChI=1S/C15H19BFNO5/c1-8(14(20)23-15(2,3)4)18-7-9-5-6-10(16(21)22)12(17)11(9)13(18)19/h5-6,8,21-22H,7H2,1-4H3/t8-/m1/s1. The number of amides is 1. The summed E-state index contributed by atoms with van der Waals surface area (Å²) in [5, 5.41) is 18.3. The molecule has 2 N–H and O–H groups in total. The third kappa shape index (κ3) is 3.38. The lowest BCUT2D eigenvalue weighted by Gasteiger charge is -2.27. The first-order valence-corrected chi connectivity index (χ1v) is 7.24. The fourth-order valence-electron chi connectivity index (χ4n) is 2.42. The van der Waals surface area contributed by atoms with Crippen molar-refractivity contribution >= 4 is 24.5 Å². The van der Waals surface area contributed by atoms with Crippen molar-refractivity contribution in [2.45, 2.75) is 45.9 Å². The third-order valence-corrected chi connectivity index (χ3v) is 3.57. The van der Waals surface area contributed by atoms with Crippen LogP contribution in [0.5, 0.6) is 0 Å². The van der Waals surface area contributed by atoms with E-state index in [1.165, 1.54) is 24.0 Å². The van der Waals surface area contributed by atoms with E-state index in [0.717, 1.165) is 0 Å². The normalized spacial score (nSPS) is 15.4. The summed E-state index contributed by atoms with van der Waals surface area (Å²) in [5.74, 6) is -2.22. The molecule has 0 saturated heterocycles. The van der Waals surface area contributed by atoms with Gasteiger partial charge in [0, 0.05) is 12.0 Å². The summed E-state index contributed by atoms with van der Waals surface area (Å²) in [6.07, 6.45) is 0. The van der Waals surface area contributed by atoms with Gasteiger partial charge in [0.05, 0.1) is 5.56 Å². The molecule has 0 bridgehead atoms. The zero-order chi connectivity index (χ0) is 17.5. The van der Waals surface area contributed by atoms with Gasteiger partial charge in [0.1, 0.15) is 17.5 Å². The molecule has 6 nitrogen and oxygen atoms in total. The quantitative estimate of drug-likeness (QED) is 0.613. The van der Waals surface area contributed by atoms with Crippen LogP contribution in [0.15, 0.2) is 12.1 Å². The number of fused-ring (bicyclic) bond motifs is 1. The summed E-state index contributed by atoms with van der Waals surface area (Å²) >= 11 is 0. The van der Waals surface area contributed by atoms with E-state index in [1.54, 1.807) is 20.8 Å². The fraction of sp³-hybridized carbons (Fsp3) is 0.467.